The lowest BCUT2D eigenvalue weighted by molar-refractivity contribution is 0.192. The Morgan fingerprint density at radius 1 is 1.19 bits per heavy atom. The molecule has 0 aromatic heterocycles. The minimum atomic E-state index is -4.00. The van der Waals surface area contributed by atoms with E-state index in [1.54, 1.807) is 18.2 Å². The van der Waals surface area contributed by atoms with Gasteiger partial charge in [0.15, 0.2) is 0 Å². The monoisotopic (exact) mass is 403 g/mol. The maximum atomic E-state index is 12.8. The highest BCUT2D eigenvalue weighted by Gasteiger charge is 2.33. The summed E-state index contributed by atoms with van der Waals surface area (Å²) in [5.41, 5.74) is 1.69. The molecule has 1 unspecified atom stereocenters. The first-order valence-corrected chi connectivity index (χ1v) is 11.1. The Morgan fingerprint density at radius 2 is 1.85 bits per heavy atom. The average molecular weight is 404 g/mol. The van der Waals surface area contributed by atoms with Crippen LogP contribution in [-0.2, 0) is 10.0 Å². The summed E-state index contributed by atoms with van der Waals surface area (Å²) < 4.78 is 27.8. The highest BCUT2D eigenvalue weighted by molar-refractivity contribution is 8.00. The van der Waals surface area contributed by atoms with Crippen LogP contribution in [0.4, 0.5) is 4.79 Å². The number of carbonyl (C=O) groups excluding carboxylic acids is 1. The van der Waals surface area contributed by atoms with Gasteiger partial charge in [-0.2, -0.15) is 5.10 Å². The van der Waals surface area contributed by atoms with Gasteiger partial charge >= 0.3 is 6.03 Å². The molecular formula is C19H21N3O3S2. The maximum absolute atomic E-state index is 12.8. The van der Waals surface area contributed by atoms with E-state index in [2.05, 4.69) is 9.82 Å². The van der Waals surface area contributed by atoms with E-state index in [0.717, 1.165) is 17.0 Å². The number of hydrogen-bond donors (Lipinski definition) is 1. The van der Waals surface area contributed by atoms with E-state index in [-0.39, 0.29) is 10.9 Å². The van der Waals surface area contributed by atoms with Crippen LogP contribution in [0.3, 0.4) is 0 Å². The van der Waals surface area contributed by atoms with Crippen molar-refractivity contribution < 1.29 is 13.2 Å². The van der Waals surface area contributed by atoms with Crippen molar-refractivity contribution in [2.45, 2.75) is 36.1 Å². The minimum absolute atomic E-state index is 0.0985. The number of hydrogen-bond acceptors (Lipinski definition) is 5. The third-order valence-corrected chi connectivity index (χ3v) is 6.58. The molecule has 0 bridgehead atoms. The van der Waals surface area contributed by atoms with Gasteiger partial charge in [-0.1, -0.05) is 49.4 Å². The van der Waals surface area contributed by atoms with E-state index in [1.807, 2.05) is 44.2 Å². The van der Waals surface area contributed by atoms with Crippen molar-refractivity contribution in [1.29, 1.82) is 0 Å². The van der Waals surface area contributed by atoms with Crippen molar-refractivity contribution in [3.05, 3.63) is 60.2 Å². The summed E-state index contributed by atoms with van der Waals surface area (Å²) in [6.45, 7) is 3.77. The van der Waals surface area contributed by atoms with Crippen LogP contribution in [0.5, 0.6) is 0 Å². The Hall–Kier alpha value is -2.32. The van der Waals surface area contributed by atoms with Crippen LogP contribution in [0.2, 0.25) is 0 Å². The van der Waals surface area contributed by atoms with Crippen molar-refractivity contribution in [2.75, 3.05) is 5.75 Å². The fraction of sp³-hybridized carbons (Fsp3) is 0.263. The Balaban J connectivity index is 1.85. The number of nitrogens with zero attached hydrogens (tertiary/aromatic N) is 2. The topological polar surface area (TPSA) is 78.8 Å². The van der Waals surface area contributed by atoms with Crippen molar-refractivity contribution >= 4 is 33.5 Å². The number of amides is 2. The Kier molecular flexibility index (Phi) is 5.86. The summed E-state index contributed by atoms with van der Waals surface area (Å²) in [7, 11) is -4.00. The van der Waals surface area contributed by atoms with Gasteiger partial charge in [0.2, 0.25) is 0 Å². The molecule has 142 valence electrons. The van der Waals surface area contributed by atoms with Crippen LogP contribution in [0, 0.1) is 0 Å². The molecule has 2 amide bonds. The quantitative estimate of drug-likeness (QED) is 0.765. The molecule has 1 atom stereocenters. The van der Waals surface area contributed by atoms with Gasteiger partial charge in [0.05, 0.1) is 6.04 Å². The fourth-order valence-electron chi connectivity index (χ4n) is 2.95. The molecule has 0 fully saturated rings. The van der Waals surface area contributed by atoms with Gasteiger partial charge in [0.25, 0.3) is 10.0 Å². The Morgan fingerprint density at radius 3 is 2.56 bits per heavy atom. The minimum Gasteiger partial charge on any atom is -0.245 e. The van der Waals surface area contributed by atoms with Gasteiger partial charge < -0.3 is 0 Å². The fourth-order valence-corrected chi connectivity index (χ4v) is 5.17. The molecule has 0 aliphatic carbocycles. The molecule has 1 heterocycles. The Bertz CT molecular complexity index is 959. The van der Waals surface area contributed by atoms with Crippen molar-refractivity contribution in [1.82, 2.24) is 9.73 Å². The second-order valence-corrected chi connectivity index (χ2v) is 9.06. The molecule has 0 spiro atoms. The van der Waals surface area contributed by atoms with Crippen molar-refractivity contribution in [3.8, 4) is 0 Å². The zero-order valence-electron chi connectivity index (χ0n) is 15.1. The van der Waals surface area contributed by atoms with Crippen LogP contribution in [0.1, 0.15) is 31.9 Å². The zero-order valence-corrected chi connectivity index (χ0v) is 16.8. The lowest BCUT2D eigenvalue weighted by atomic mass is 10.0. The molecule has 8 heteroatoms. The van der Waals surface area contributed by atoms with Crippen molar-refractivity contribution in [2.24, 2.45) is 5.10 Å². The average Bonchev–Trinajstić information content (AvgIpc) is 3.05. The van der Waals surface area contributed by atoms with Gasteiger partial charge in [0, 0.05) is 17.0 Å². The smallest absolute Gasteiger partial charge is 0.245 e. The van der Waals surface area contributed by atoms with Gasteiger partial charge in [-0.15, -0.1) is 11.8 Å². The normalized spacial score (nSPS) is 16.9. The van der Waals surface area contributed by atoms with Crippen LogP contribution in [0.15, 0.2) is 69.5 Å². The highest BCUT2D eigenvalue weighted by Crippen LogP contribution is 2.31. The van der Waals surface area contributed by atoms with E-state index in [4.69, 9.17) is 0 Å². The summed E-state index contributed by atoms with van der Waals surface area (Å²) in [6, 6.07) is 15.0. The van der Waals surface area contributed by atoms with E-state index in [9.17, 15) is 13.2 Å². The van der Waals surface area contributed by atoms with Gasteiger partial charge in [-0.25, -0.2) is 22.9 Å². The molecule has 2 aromatic rings. The number of sulfonamides is 1. The zero-order chi connectivity index (χ0) is 19.4. The molecule has 1 N–H and O–H groups in total. The predicted molar refractivity (Wildman–Crippen MR) is 107 cm³/mol. The Labute approximate surface area is 163 Å². The first kappa shape index (κ1) is 19.4. The van der Waals surface area contributed by atoms with E-state index >= 15 is 0 Å². The summed E-state index contributed by atoms with van der Waals surface area (Å²) in [6.07, 6.45) is 0.569. The van der Waals surface area contributed by atoms with Gasteiger partial charge in [-0.3, -0.25) is 0 Å². The van der Waals surface area contributed by atoms with E-state index in [1.165, 1.54) is 22.8 Å². The number of benzene rings is 2. The molecule has 2 aromatic carbocycles. The van der Waals surface area contributed by atoms with E-state index < -0.39 is 16.1 Å². The lowest BCUT2D eigenvalue weighted by Crippen LogP contribution is -2.40. The number of nitrogens with one attached hydrogen (secondary N) is 1. The second-order valence-electron chi connectivity index (χ2n) is 6.10. The summed E-state index contributed by atoms with van der Waals surface area (Å²) in [4.78, 5) is 13.5. The van der Waals surface area contributed by atoms with Crippen LogP contribution in [-0.4, -0.2) is 30.9 Å². The molecule has 0 radical (unpaired) electrons. The SMILES string of the molecule is CCSc1ccccc1S(=O)(=O)NC(=O)N1N=C(C)CC1c1ccccc1. The third kappa shape index (κ3) is 4.33. The summed E-state index contributed by atoms with van der Waals surface area (Å²) in [5.74, 6) is 0.728. The third-order valence-electron chi connectivity index (χ3n) is 4.12. The maximum Gasteiger partial charge on any atom is 0.352 e. The van der Waals surface area contributed by atoms with Gasteiger partial charge in [0.1, 0.15) is 4.90 Å². The standard InChI is InChI=1S/C19H21N3O3S2/c1-3-26-17-11-7-8-12-18(17)27(24,25)21-19(23)22-16(13-14(2)20-22)15-9-5-4-6-10-15/h4-12,16H,3,13H2,1-2H3,(H,21,23). The molecule has 3 rings (SSSR count). The number of urea groups is 1. The predicted octanol–water partition coefficient (Wildman–Crippen LogP) is 4.02. The van der Waals surface area contributed by atoms with Crippen LogP contribution >= 0.6 is 11.8 Å². The molecule has 1 aliphatic heterocycles. The second kappa shape index (κ2) is 8.14. The number of carbonyl (C=O) groups is 1. The first-order chi connectivity index (χ1) is 12.9. The number of thioether (sulfide) groups is 1. The van der Waals surface area contributed by atoms with Gasteiger partial charge in [-0.05, 0) is 30.4 Å². The molecule has 0 saturated carbocycles. The van der Waals surface area contributed by atoms with E-state index in [0.29, 0.717) is 11.3 Å². The summed E-state index contributed by atoms with van der Waals surface area (Å²) in [5, 5.41) is 5.47. The largest absolute Gasteiger partial charge is 0.352 e. The highest BCUT2D eigenvalue weighted by atomic mass is 32.2. The molecular weight excluding hydrogens is 382 g/mol. The molecule has 0 saturated heterocycles. The number of hydrazone groups is 1. The molecule has 27 heavy (non-hydrogen) atoms. The summed E-state index contributed by atoms with van der Waals surface area (Å²) >= 11 is 1.41. The van der Waals surface area contributed by atoms with Crippen LogP contribution < -0.4 is 4.72 Å². The lowest BCUT2D eigenvalue weighted by Gasteiger charge is -2.22. The van der Waals surface area contributed by atoms with Crippen LogP contribution in [0.25, 0.3) is 0 Å². The number of rotatable bonds is 5. The van der Waals surface area contributed by atoms with Crippen molar-refractivity contribution in [3.63, 3.8) is 0 Å². The molecule has 6 nitrogen and oxygen atoms in total. The first-order valence-electron chi connectivity index (χ1n) is 8.59. The molecule has 1 aliphatic rings.